The molecule has 4 heteroatoms. The van der Waals surface area contributed by atoms with Crippen LogP contribution in [-0.4, -0.2) is 16.3 Å². The quantitative estimate of drug-likeness (QED) is 0.744. The number of nitrogens with one attached hydrogen (secondary N) is 1. The van der Waals surface area contributed by atoms with Crippen molar-refractivity contribution in [2.75, 3.05) is 6.54 Å². The minimum Gasteiger partial charge on any atom is -0.313 e. The lowest BCUT2D eigenvalue weighted by atomic mass is 10.2. The summed E-state index contributed by atoms with van der Waals surface area (Å²) in [6.45, 7) is 5.97. The zero-order chi connectivity index (χ0) is 12.0. The summed E-state index contributed by atoms with van der Waals surface area (Å²) in [5.41, 5.74) is 3.62. The second kappa shape index (κ2) is 6.29. The largest absolute Gasteiger partial charge is 0.313 e. The lowest BCUT2D eigenvalue weighted by Crippen LogP contribution is -2.15. The maximum Gasteiger partial charge on any atom is 0.0641 e. The van der Waals surface area contributed by atoms with Crippen LogP contribution in [0.2, 0.25) is 0 Å². The van der Waals surface area contributed by atoms with Gasteiger partial charge in [0.1, 0.15) is 0 Å². The molecule has 0 aliphatic carbocycles. The Hall–Kier alpha value is -1.34. The highest BCUT2D eigenvalue weighted by Crippen LogP contribution is 2.11. The van der Waals surface area contributed by atoms with Crippen molar-refractivity contribution in [3.8, 4) is 6.07 Å². The van der Waals surface area contributed by atoms with E-state index in [9.17, 15) is 0 Å². The molecule has 0 amide bonds. The highest BCUT2D eigenvalue weighted by Gasteiger charge is 2.07. The molecule has 0 aromatic carbocycles. The number of aryl methyl sites for hydroxylation is 2. The first kappa shape index (κ1) is 12.7. The molecular weight excluding hydrogens is 200 g/mol. The molecule has 1 aromatic rings. The van der Waals surface area contributed by atoms with Crippen molar-refractivity contribution in [3.05, 3.63) is 17.0 Å². The minimum atomic E-state index is 0.659. The van der Waals surface area contributed by atoms with Crippen LogP contribution in [0.4, 0.5) is 0 Å². The maximum absolute atomic E-state index is 8.39. The summed E-state index contributed by atoms with van der Waals surface area (Å²) in [6, 6.07) is 2.16. The fourth-order valence-corrected chi connectivity index (χ4v) is 1.74. The number of nitriles is 1. The van der Waals surface area contributed by atoms with Crippen LogP contribution < -0.4 is 5.32 Å². The average molecular weight is 220 g/mol. The van der Waals surface area contributed by atoms with Gasteiger partial charge in [-0.05, 0) is 33.2 Å². The molecule has 88 valence electrons. The summed E-state index contributed by atoms with van der Waals surface area (Å²) in [4.78, 5) is 0. The number of unbranched alkanes of at least 4 members (excludes halogenated alkanes) is 2. The lowest BCUT2D eigenvalue weighted by molar-refractivity contribution is 0.625. The molecule has 0 fully saturated rings. The van der Waals surface area contributed by atoms with Gasteiger partial charge in [0.15, 0.2) is 0 Å². The van der Waals surface area contributed by atoms with Crippen molar-refractivity contribution in [2.24, 2.45) is 7.05 Å². The summed E-state index contributed by atoms with van der Waals surface area (Å²) in [5, 5.41) is 16.2. The molecule has 4 nitrogen and oxygen atoms in total. The predicted octanol–water partition coefficient (Wildman–Crippen LogP) is 1.82. The first-order chi connectivity index (χ1) is 7.66. The molecule has 0 unspecified atom stereocenters. The van der Waals surface area contributed by atoms with Crippen LogP contribution in [-0.2, 0) is 13.6 Å². The summed E-state index contributed by atoms with van der Waals surface area (Å²) in [7, 11) is 1.97. The van der Waals surface area contributed by atoms with E-state index in [2.05, 4.69) is 23.4 Å². The fraction of sp³-hybridized carbons (Fsp3) is 0.667. The van der Waals surface area contributed by atoms with E-state index >= 15 is 0 Å². The summed E-state index contributed by atoms with van der Waals surface area (Å²) >= 11 is 0. The SMILES string of the molecule is Cc1nn(C)c(C)c1CNCCCCC#N. The van der Waals surface area contributed by atoms with Crippen LogP contribution in [0.5, 0.6) is 0 Å². The molecule has 0 aliphatic rings. The molecule has 0 bridgehead atoms. The van der Waals surface area contributed by atoms with Crippen molar-refractivity contribution >= 4 is 0 Å². The van der Waals surface area contributed by atoms with Gasteiger partial charge in [-0.2, -0.15) is 10.4 Å². The molecule has 1 rings (SSSR count). The third-order valence-electron chi connectivity index (χ3n) is 2.85. The van der Waals surface area contributed by atoms with Gasteiger partial charge in [-0.3, -0.25) is 4.68 Å². The highest BCUT2D eigenvalue weighted by molar-refractivity contribution is 5.23. The van der Waals surface area contributed by atoms with Crippen LogP contribution in [0, 0.1) is 25.2 Å². The normalized spacial score (nSPS) is 10.4. The van der Waals surface area contributed by atoms with E-state index in [1.165, 1.54) is 11.3 Å². The first-order valence-electron chi connectivity index (χ1n) is 5.73. The Morgan fingerprint density at radius 3 is 2.69 bits per heavy atom. The molecule has 1 heterocycles. The molecule has 0 spiro atoms. The fourth-order valence-electron chi connectivity index (χ4n) is 1.74. The Labute approximate surface area is 97.3 Å². The van der Waals surface area contributed by atoms with Gasteiger partial charge < -0.3 is 5.32 Å². The van der Waals surface area contributed by atoms with E-state index in [1.54, 1.807) is 0 Å². The molecule has 0 saturated carbocycles. The molecule has 0 radical (unpaired) electrons. The Kier molecular flexibility index (Phi) is 5.00. The lowest BCUT2D eigenvalue weighted by Gasteiger charge is -2.04. The minimum absolute atomic E-state index is 0.659. The van der Waals surface area contributed by atoms with Crippen LogP contribution in [0.15, 0.2) is 0 Å². The van der Waals surface area contributed by atoms with Crippen LogP contribution in [0.3, 0.4) is 0 Å². The molecule has 16 heavy (non-hydrogen) atoms. The van der Waals surface area contributed by atoms with Crippen LogP contribution >= 0.6 is 0 Å². The molecular formula is C12H20N4. The average Bonchev–Trinajstić information content (AvgIpc) is 2.49. The zero-order valence-corrected chi connectivity index (χ0v) is 10.4. The van der Waals surface area contributed by atoms with Gasteiger partial charge in [-0.15, -0.1) is 0 Å². The van der Waals surface area contributed by atoms with E-state index in [-0.39, 0.29) is 0 Å². The Balaban J connectivity index is 2.30. The van der Waals surface area contributed by atoms with Crippen molar-refractivity contribution in [2.45, 2.75) is 39.7 Å². The van der Waals surface area contributed by atoms with E-state index in [0.29, 0.717) is 6.42 Å². The Bertz CT molecular complexity index is 373. The third-order valence-corrected chi connectivity index (χ3v) is 2.85. The van der Waals surface area contributed by atoms with E-state index in [0.717, 1.165) is 31.6 Å². The molecule has 0 aliphatic heterocycles. The van der Waals surface area contributed by atoms with E-state index in [4.69, 9.17) is 5.26 Å². The Morgan fingerprint density at radius 1 is 1.38 bits per heavy atom. The van der Waals surface area contributed by atoms with Crippen LogP contribution in [0.1, 0.15) is 36.2 Å². The number of aromatic nitrogens is 2. The maximum atomic E-state index is 8.39. The second-order valence-corrected chi connectivity index (χ2v) is 4.06. The van der Waals surface area contributed by atoms with Gasteiger partial charge in [0.2, 0.25) is 0 Å². The van der Waals surface area contributed by atoms with Gasteiger partial charge in [0, 0.05) is 31.3 Å². The van der Waals surface area contributed by atoms with Crippen molar-refractivity contribution in [3.63, 3.8) is 0 Å². The zero-order valence-electron chi connectivity index (χ0n) is 10.4. The number of hydrogen-bond donors (Lipinski definition) is 1. The van der Waals surface area contributed by atoms with Gasteiger partial charge in [-0.25, -0.2) is 0 Å². The van der Waals surface area contributed by atoms with Gasteiger partial charge in [0.25, 0.3) is 0 Å². The van der Waals surface area contributed by atoms with E-state index in [1.807, 2.05) is 18.7 Å². The molecule has 0 atom stereocenters. The second-order valence-electron chi connectivity index (χ2n) is 4.06. The van der Waals surface area contributed by atoms with Crippen LogP contribution in [0.25, 0.3) is 0 Å². The molecule has 1 N–H and O–H groups in total. The van der Waals surface area contributed by atoms with E-state index < -0.39 is 0 Å². The topological polar surface area (TPSA) is 53.6 Å². The Morgan fingerprint density at radius 2 is 2.12 bits per heavy atom. The first-order valence-corrected chi connectivity index (χ1v) is 5.73. The van der Waals surface area contributed by atoms with Crippen molar-refractivity contribution < 1.29 is 0 Å². The smallest absolute Gasteiger partial charge is 0.0641 e. The van der Waals surface area contributed by atoms with Crippen molar-refractivity contribution in [1.82, 2.24) is 15.1 Å². The van der Waals surface area contributed by atoms with Crippen molar-refractivity contribution in [1.29, 1.82) is 5.26 Å². The molecule has 0 saturated heterocycles. The monoisotopic (exact) mass is 220 g/mol. The highest BCUT2D eigenvalue weighted by atomic mass is 15.3. The van der Waals surface area contributed by atoms with Gasteiger partial charge in [0.05, 0.1) is 11.8 Å². The third kappa shape index (κ3) is 3.35. The summed E-state index contributed by atoms with van der Waals surface area (Å²) in [6.07, 6.45) is 2.70. The predicted molar refractivity (Wildman–Crippen MR) is 63.9 cm³/mol. The molecule has 1 aromatic heterocycles. The number of rotatable bonds is 6. The number of hydrogen-bond acceptors (Lipinski definition) is 3. The van der Waals surface area contributed by atoms with Gasteiger partial charge in [-0.1, -0.05) is 0 Å². The summed E-state index contributed by atoms with van der Waals surface area (Å²) in [5.74, 6) is 0. The van der Waals surface area contributed by atoms with Gasteiger partial charge >= 0.3 is 0 Å². The summed E-state index contributed by atoms with van der Waals surface area (Å²) < 4.78 is 1.92. The standard InChI is InChI=1S/C12H20N4/c1-10-12(11(2)16(3)15-10)9-14-8-6-4-5-7-13/h14H,4-6,8-9H2,1-3H3. The number of nitrogens with zero attached hydrogens (tertiary/aromatic N) is 3.